The molecule has 0 aliphatic heterocycles. The van der Waals surface area contributed by atoms with Gasteiger partial charge in [-0.3, -0.25) is 0 Å². The van der Waals surface area contributed by atoms with E-state index in [1.54, 1.807) is 14.7 Å². The Kier molecular flexibility index (Phi) is 33.3. The summed E-state index contributed by atoms with van der Waals surface area (Å²) in [6.07, 6.45) is 0. The van der Waals surface area contributed by atoms with Crippen LogP contribution in [-0.4, -0.2) is 69.9 Å². The molecule has 0 heterocycles. The zero-order valence-corrected chi connectivity index (χ0v) is 18.7. The first-order valence-electron chi connectivity index (χ1n) is 4.64. The van der Waals surface area contributed by atoms with Crippen molar-refractivity contribution < 1.29 is 17.1 Å². The summed E-state index contributed by atoms with van der Waals surface area (Å²) in [7, 11) is 11.1. The predicted octanol–water partition coefficient (Wildman–Crippen LogP) is 2.45. The van der Waals surface area contributed by atoms with E-state index in [0.29, 0.717) is 13.0 Å². The molecule has 0 unspecified atom stereocenters. The van der Waals surface area contributed by atoms with E-state index in [9.17, 15) is 0 Å². The van der Waals surface area contributed by atoms with E-state index < -0.39 is 0 Å². The zero-order valence-electron chi connectivity index (χ0n) is 12.5. The van der Waals surface area contributed by atoms with Gasteiger partial charge in [-0.05, 0) is 0 Å². The molecule has 0 aromatic carbocycles. The molecule has 0 aliphatic rings. The molecule has 0 bridgehead atoms. The van der Waals surface area contributed by atoms with Gasteiger partial charge in [-0.25, -0.2) is 0 Å². The van der Waals surface area contributed by atoms with E-state index in [4.69, 9.17) is 0 Å². The van der Waals surface area contributed by atoms with Crippen LogP contribution in [0.15, 0.2) is 0 Å². The van der Waals surface area contributed by atoms with Gasteiger partial charge in [0.05, 0.1) is 0 Å². The molecule has 11 heteroatoms. The Morgan fingerprint density at radius 2 is 0.650 bits per heavy atom. The van der Waals surface area contributed by atoms with Gasteiger partial charge < -0.3 is 20.9 Å². The molecule has 0 rings (SSSR count). The van der Waals surface area contributed by atoms with E-state index in [0.717, 1.165) is 0 Å². The van der Waals surface area contributed by atoms with Crippen molar-refractivity contribution in [1.29, 1.82) is 0 Å². The second kappa shape index (κ2) is 20.2. The van der Waals surface area contributed by atoms with Gasteiger partial charge in [-0.15, -0.1) is 37.9 Å². The van der Waals surface area contributed by atoms with Crippen molar-refractivity contribution in [3.05, 3.63) is 0 Å². The molecule has 0 spiro atoms. The summed E-state index contributed by atoms with van der Waals surface area (Å²) in [4.78, 5) is 5.29. The Bertz CT molecular complexity index is 230. The summed E-state index contributed by atoms with van der Waals surface area (Å²) >= 11 is 25.4. The Labute approximate surface area is 166 Å². The van der Waals surface area contributed by atoms with Crippen molar-refractivity contribution in [2.75, 3.05) is 42.3 Å². The summed E-state index contributed by atoms with van der Waals surface area (Å²) in [5.74, 6) is 0. The van der Waals surface area contributed by atoms with Gasteiger partial charge in [0.2, 0.25) is 0 Å². The normalized spacial score (nSPS) is 7.05. The average molecular weight is 437 g/mol. The van der Waals surface area contributed by atoms with E-state index in [1.807, 2.05) is 42.3 Å². The molecule has 124 valence electrons. The molecule has 3 N–H and O–H groups in total. The second-order valence-corrected chi connectivity index (χ2v) is 6.87. The predicted molar refractivity (Wildman–Crippen MR) is 111 cm³/mol. The number of hydrogen-bond acceptors (Lipinski definition) is 4. The Balaban J connectivity index is -0.0000000536. The number of hydrogen-bond donors (Lipinski definition) is 4. The summed E-state index contributed by atoms with van der Waals surface area (Å²) in [5, 5.41) is 0. The van der Waals surface area contributed by atoms with E-state index in [1.165, 1.54) is 0 Å². The Morgan fingerprint density at radius 3 is 0.650 bits per heavy atom. The van der Waals surface area contributed by atoms with Gasteiger partial charge in [-0.2, -0.15) is 0 Å². The summed E-state index contributed by atoms with van der Waals surface area (Å²) < 4.78 is 1.86. The van der Waals surface area contributed by atoms with Crippen molar-refractivity contribution >= 4 is 87.5 Å². The third kappa shape index (κ3) is 36.5. The maximum absolute atomic E-state index is 4.61. The smallest absolute Gasteiger partial charge is 0.132 e. The largest absolute Gasteiger partial charge is 0.364 e. The zero-order chi connectivity index (χ0) is 15.5. The van der Waals surface area contributed by atoms with Crippen LogP contribution in [0.4, 0.5) is 0 Å². The third-order valence-corrected chi connectivity index (χ3v) is 3.44. The maximum Gasteiger partial charge on any atom is 0.132 e. The van der Waals surface area contributed by atoms with Crippen LogP contribution in [0, 0.1) is 0 Å². The number of rotatable bonds is 0. The molecule has 0 amide bonds. The van der Waals surface area contributed by atoms with Crippen LogP contribution in [0.5, 0.6) is 0 Å². The number of nitrogens with zero attached hydrogens (tertiary/aromatic N) is 3. The van der Waals surface area contributed by atoms with Crippen molar-refractivity contribution in [3.8, 4) is 0 Å². The van der Waals surface area contributed by atoms with Crippen LogP contribution in [0.3, 0.4) is 0 Å². The first-order valence-corrected chi connectivity index (χ1v) is 7.20. The van der Waals surface area contributed by atoms with E-state index in [2.05, 4.69) is 74.5 Å². The Hall–Kier alpha value is 1.20. The molecule has 0 radical (unpaired) electrons. The average Bonchev–Trinajstić information content (AvgIpc) is 2.18. The van der Waals surface area contributed by atoms with Crippen molar-refractivity contribution in [3.63, 3.8) is 0 Å². The molecule has 0 aliphatic carbocycles. The van der Waals surface area contributed by atoms with Crippen molar-refractivity contribution in [1.82, 2.24) is 20.9 Å². The molecule has 20 heavy (non-hydrogen) atoms. The quantitative estimate of drug-likeness (QED) is 0.264. The van der Waals surface area contributed by atoms with Crippen LogP contribution in [0.2, 0.25) is 0 Å². The number of thiol groups is 3. The molecule has 0 fully saturated rings. The SMILES string of the molecule is CN(C)C(=S)S.CN(C)C(=S)S.CN(C)C(=S)S.N.[Fe]. The molecule has 0 saturated carbocycles. The molecule has 0 atom stereocenters. The molecule has 0 aromatic rings. The summed E-state index contributed by atoms with van der Waals surface area (Å²) in [6, 6.07) is 0. The first-order chi connectivity index (χ1) is 7.93. The monoisotopic (exact) mass is 436 g/mol. The third-order valence-electron chi connectivity index (χ3n) is 1.15. The van der Waals surface area contributed by atoms with Gasteiger partial charge in [-0.1, -0.05) is 36.7 Å². The van der Waals surface area contributed by atoms with Crippen LogP contribution in [0.1, 0.15) is 0 Å². The fourth-order valence-corrected chi connectivity index (χ4v) is 0. The minimum absolute atomic E-state index is 0. The van der Waals surface area contributed by atoms with Crippen molar-refractivity contribution in [2.45, 2.75) is 0 Å². The van der Waals surface area contributed by atoms with Crippen LogP contribution in [-0.2, 0) is 17.1 Å². The van der Waals surface area contributed by atoms with Gasteiger partial charge in [0.1, 0.15) is 13.0 Å². The van der Waals surface area contributed by atoms with Gasteiger partial charge in [0, 0.05) is 59.4 Å². The van der Waals surface area contributed by atoms with Gasteiger partial charge >= 0.3 is 0 Å². The molecular formula is C9H24FeN4S6. The molecular weight excluding hydrogens is 412 g/mol. The summed E-state index contributed by atoms with van der Waals surface area (Å²) in [5.41, 5.74) is 0. The molecule has 0 saturated heterocycles. The van der Waals surface area contributed by atoms with Gasteiger partial charge in [0.25, 0.3) is 0 Å². The fraction of sp³-hybridized carbons (Fsp3) is 0.667. The fourth-order valence-electron chi connectivity index (χ4n) is 0. The Morgan fingerprint density at radius 1 is 0.600 bits per heavy atom. The second-order valence-electron chi connectivity index (χ2n) is 3.53. The van der Waals surface area contributed by atoms with Crippen LogP contribution < -0.4 is 6.15 Å². The number of thiocarbonyl (C=S) groups is 3. The molecule has 0 aromatic heterocycles. The topological polar surface area (TPSA) is 44.7 Å². The summed E-state index contributed by atoms with van der Waals surface area (Å²) in [6.45, 7) is 0. The van der Waals surface area contributed by atoms with Crippen LogP contribution in [0.25, 0.3) is 0 Å². The minimum Gasteiger partial charge on any atom is -0.364 e. The van der Waals surface area contributed by atoms with Crippen LogP contribution >= 0.6 is 74.5 Å². The standard InChI is InChI=1S/3C3H7NS2.Fe.H3N/c3*1-4(2)3(5)6;;/h3*1-2H3,(H,5,6);;1H3. The molecule has 4 nitrogen and oxygen atoms in total. The van der Waals surface area contributed by atoms with E-state index >= 15 is 0 Å². The van der Waals surface area contributed by atoms with Gasteiger partial charge in [0.15, 0.2) is 0 Å². The maximum atomic E-state index is 4.61. The van der Waals surface area contributed by atoms with E-state index in [-0.39, 0.29) is 23.2 Å². The first kappa shape index (κ1) is 33.0. The van der Waals surface area contributed by atoms with Crippen molar-refractivity contribution in [2.24, 2.45) is 0 Å². The minimum atomic E-state index is 0.